The van der Waals surface area contributed by atoms with Gasteiger partial charge in [-0.05, 0) is 123 Å². The summed E-state index contributed by atoms with van der Waals surface area (Å²) in [5, 5.41) is 13.7. The van der Waals surface area contributed by atoms with Crippen LogP contribution in [0.25, 0.3) is 0 Å². The van der Waals surface area contributed by atoms with E-state index in [1.54, 1.807) is 0 Å². The molecule has 5 fully saturated rings. The van der Waals surface area contributed by atoms with E-state index in [1.165, 1.54) is 31.3 Å². The number of hydrogen-bond donors (Lipinski definition) is 1. The van der Waals surface area contributed by atoms with Crippen LogP contribution in [0, 0.1) is 56.7 Å². The monoisotopic (exact) mass is 559 g/mol. The Morgan fingerprint density at radius 3 is 2.34 bits per heavy atom. The molecule has 0 radical (unpaired) electrons. The van der Waals surface area contributed by atoms with Gasteiger partial charge < -0.3 is 9.94 Å². The van der Waals surface area contributed by atoms with E-state index >= 15 is 0 Å². The van der Waals surface area contributed by atoms with Gasteiger partial charge in [0.25, 0.3) is 0 Å². The smallest absolute Gasteiger partial charge is 0.312 e. The minimum absolute atomic E-state index is 0.0462. The molecule has 6 rings (SSSR count). The van der Waals surface area contributed by atoms with Crippen LogP contribution in [0.2, 0.25) is 0 Å². The lowest BCUT2D eigenvalue weighted by atomic mass is 9.32. The molecule has 0 amide bonds. The third-order valence-corrected chi connectivity index (χ3v) is 14.6. The summed E-state index contributed by atoms with van der Waals surface area (Å²) in [7, 11) is 0. The number of esters is 1. The van der Waals surface area contributed by atoms with Gasteiger partial charge in [0.2, 0.25) is 0 Å². The number of allylic oxidation sites excluding steroid dienone is 1. The van der Waals surface area contributed by atoms with Crippen molar-refractivity contribution in [2.45, 2.75) is 112 Å². The molecule has 4 nitrogen and oxygen atoms in total. The van der Waals surface area contributed by atoms with Gasteiger partial charge in [-0.1, -0.05) is 82.3 Å². The number of ether oxygens (including phenoxy) is 1. The van der Waals surface area contributed by atoms with Crippen molar-refractivity contribution in [3.8, 4) is 0 Å². The molecule has 41 heavy (non-hydrogen) atoms. The summed E-state index contributed by atoms with van der Waals surface area (Å²) in [4.78, 5) is 14.2. The van der Waals surface area contributed by atoms with Crippen molar-refractivity contribution in [3.63, 3.8) is 0 Å². The third-order valence-electron chi connectivity index (χ3n) is 14.6. The van der Waals surface area contributed by atoms with Crippen LogP contribution in [0.3, 0.4) is 0 Å². The molecule has 0 spiro atoms. The van der Waals surface area contributed by atoms with Crippen molar-refractivity contribution in [2.75, 3.05) is 0 Å². The highest BCUT2D eigenvalue weighted by molar-refractivity contribution is 5.90. The van der Waals surface area contributed by atoms with E-state index in [0.29, 0.717) is 36.2 Å². The maximum atomic E-state index is 14.2. The van der Waals surface area contributed by atoms with Crippen LogP contribution in [0.4, 0.5) is 0 Å². The van der Waals surface area contributed by atoms with Gasteiger partial charge in [0.1, 0.15) is 6.61 Å². The van der Waals surface area contributed by atoms with Crippen molar-refractivity contribution < 1.29 is 14.7 Å². The highest BCUT2D eigenvalue weighted by atomic mass is 16.5. The van der Waals surface area contributed by atoms with E-state index < -0.39 is 0 Å². The Hall–Kier alpha value is -2.10. The predicted octanol–water partition coefficient (Wildman–Crippen LogP) is 9.22. The largest absolute Gasteiger partial charge is 0.460 e. The molecule has 9 atom stereocenters. The molecule has 0 aliphatic heterocycles. The second kappa shape index (κ2) is 9.71. The zero-order valence-electron chi connectivity index (χ0n) is 26.5. The minimum atomic E-state index is -0.383. The molecule has 5 aliphatic carbocycles. The minimum Gasteiger partial charge on any atom is -0.460 e. The number of carbonyl (C=O) groups excluding carboxylic acids is 1. The highest BCUT2D eigenvalue weighted by Crippen LogP contribution is 2.77. The lowest BCUT2D eigenvalue weighted by Gasteiger charge is -2.72. The standard InChI is InChI=1S/C37H53NO3/c1-24(2)26-15-20-37(32(39)41-23-25-11-9-8-10-12-25)22-21-35(6)27(31(26)37)13-14-29-34(5)18-17-30(38-40)33(3,4)28(34)16-19-36(29,35)7/h8-12,26-29,31,40H,1,13-23H2,2-7H3/b38-30+/t26-,27+,28-,29+,31+,34-,35+,36+,37-/m0/s1. The quantitative estimate of drug-likeness (QED) is 0.173. The predicted molar refractivity (Wildman–Crippen MR) is 164 cm³/mol. The zero-order chi connectivity index (χ0) is 29.4. The summed E-state index contributed by atoms with van der Waals surface area (Å²) in [5.74, 6) is 2.46. The van der Waals surface area contributed by atoms with Gasteiger partial charge in [0, 0.05) is 5.41 Å². The molecule has 1 aromatic carbocycles. The molecular formula is C37H53NO3. The van der Waals surface area contributed by atoms with Crippen molar-refractivity contribution in [1.82, 2.24) is 0 Å². The van der Waals surface area contributed by atoms with E-state index in [1.807, 2.05) is 30.3 Å². The Morgan fingerprint density at radius 1 is 0.927 bits per heavy atom. The van der Waals surface area contributed by atoms with Crippen LogP contribution in [0.1, 0.15) is 111 Å². The molecule has 0 unspecified atom stereocenters. The Balaban J connectivity index is 1.34. The van der Waals surface area contributed by atoms with Gasteiger partial charge in [-0.15, -0.1) is 0 Å². The Labute approximate surface area is 248 Å². The number of benzene rings is 1. The summed E-state index contributed by atoms with van der Waals surface area (Å²) in [5.41, 5.74) is 3.52. The van der Waals surface area contributed by atoms with Gasteiger partial charge in [-0.3, -0.25) is 4.79 Å². The lowest BCUT2D eigenvalue weighted by molar-refractivity contribution is -0.231. The first-order valence-electron chi connectivity index (χ1n) is 16.4. The van der Waals surface area contributed by atoms with Crippen LogP contribution in [0.5, 0.6) is 0 Å². The normalized spacial score (nSPS) is 45.6. The fourth-order valence-corrected chi connectivity index (χ4v) is 12.4. The van der Waals surface area contributed by atoms with Crippen LogP contribution in [0.15, 0.2) is 47.6 Å². The van der Waals surface area contributed by atoms with E-state index in [2.05, 4.69) is 53.3 Å². The summed E-state index contributed by atoms with van der Waals surface area (Å²) >= 11 is 0. The summed E-state index contributed by atoms with van der Waals surface area (Å²) in [6, 6.07) is 10.1. The first-order chi connectivity index (χ1) is 19.3. The maximum absolute atomic E-state index is 14.2. The average molecular weight is 560 g/mol. The van der Waals surface area contributed by atoms with E-state index in [4.69, 9.17) is 4.74 Å². The number of nitrogens with zero attached hydrogens (tertiary/aromatic N) is 1. The van der Waals surface area contributed by atoms with Crippen molar-refractivity contribution >= 4 is 11.7 Å². The van der Waals surface area contributed by atoms with Crippen LogP contribution in [-0.4, -0.2) is 16.9 Å². The lowest BCUT2D eigenvalue weighted by Crippen LogP contribution is -2.66. The molecular weight excluding hydrogens is 506 g/mol. The summed E-state index contributed by atoms with van der Waals surface area (Å²) in [6.45, 7) is 19.5. The van der Waals surface area contributed by atoms with Crippen LogP contribution in [-0.2, 0) is 16.1 Å². The molecule has 1 N–H and O–H groups in total. The van der Waals surface area contributed by atoms with Crippen molar-refractivity contribution in [1.29, 1.82) is 0 Å². The fourth-order valence-electron chi connectivity index (χ4n) is 12.4. The van der Waals surface area contributed by atoms with Crippen LogP contribution < -0.4 is 0 Å². The second-order valence-electron chi connectivity index (χ2n) is 16.2. The molecule has 0 saturated heterocycles. The number of hydrogen-bond acceptors (Lipinski definition) is 4. The first-order valence-corrected chi connectivity index (χ1v) is 16.4. The zero-order valence-corrected chi connectivity index (χ0v) is 26.5. The Bertz CT molecular complexity index is 1240. The Morgan fingerprint density at radius 2 is 1.66 bits per heavy atom. The van der Waals surface area contributed by atoms with E-state index in [-0.39, 0.29) is 33.0 Å². The van der Waals surface area contributed by atoms with Crippen molar-refractivity contribution in [3.05, 3.63) is 48.0 Å². The highest BCUT2D eigenvalue weighted by Gasteiger charge is 2.72. The SMILES string of the molecule is C=C(C)[C@@H]1CC[C@]2(C(=O)OCc3ccccc3)CC[C@]3(C)[C@H](CC[C@@H]4[C@@]5(C)CC/C(=N\O)C(C)(C)[C@@H]5CC[C@]43C)[C@@H]12. The molecule has 5 aliphatic rings. The Kier molecular flexibility index (Phi) is 6.87. The first kappa shape index (κ1) is 29.0. The van der Waals surface area contributed by atoms with E-state index in [9.17, 15) is 10.0 Å². The van der Waals surface area contributed by atoms with E-state index in [0.717, 1.165) is 49.8 Å². The maximum Gasteiger partial charge on any atom is 0.312 e. The number of fused-ring (bicyclic) bond motifs is 7. The fraction of sp³-hybridized carbons (Fsp3) is 0.730. The topological polar surface area (TPSA) is 58.9 Å². The molecule has 0 heterocycles. The second-order valence-corrected chi connectivity index (χ2v) is 16.2. The number of carbonyl (C=O) groups is 1. The summed E-state index contributed by atoms with van der Waals surface area (Å²) in [6.07, 6.45) is 10.9. The molecule has 1 aromatic rings. The molecule has 224 valence electrons. The summed E-state index contributed by atoms with van der Waals surface area (Å²) < 4.78 is 6.17. The van der Waals surface area contributed by atoms with Gasteiger partial charge in [0.15, 0.2) is 0 Å². The van der Waals surface area contributed by atoms with Crippen molar-refractivity contribution in [2.24, 2.45) is 61.8 Å². The molecule has 0 bridgehead atoms. The number of oxime groups is 1. The van der Waals surface area contributed by atoms with Gasteiger partial charge >= 0.3 is 5.97 Å². The van der Waals surface area contributed by atoms with Crippen LogP contribution >= 0.6 is 0 Å². The van der Waals surface area contributed by atoms with Gasteiger partial charge in [0.05, 0.1) is 11.1 Å². The van der Waals surface area contributed by atoms with Gasteiger partial charge in [-0.2, -0.15) is 0 Å². The van der Waals surface area contributed by atoms with Gasteiger partial charge in [-0.25, -0.2) is 0 Å². The molecule has 5 saturated carbocycles. The molecule has 0 aromatic heterocycles. The number of rotatable bonds is 4. The molecule has 4 heteroatoms. The average Bonchev–Trinajstić information content (AvgIpc) is 3.34. The third kappa shape index (κ3) is 3.90.